The SMILES string of the molecule is COc1ccc(C(=O)N2CCN(CC(C)C)CCCN(C(=O)CC(C)C)c3ccccc3C2)cc1CN1CCCCC1. The van der Waals surface area contributed by atoms with E-state index < -0.39 is 0 Å². The molecule has 4 rings (SSSR count). The van der Waals surface area contributed by atoms with Crippen molar-refractivity contribution >= 4 is 17.5 Å². The topological polar surface area (TPSA) is 56.3 Å². The number of likely N-dealkylation sites (tertiary alicyclic amines) is 1. The number of para-hydroxylation sites is 1. The minimum Gasteiger partial charge on any atom is -0.496 e. The zero-order chi connectivity index (χ0) is 30.1. The second-order valence-electron chi connectivity index (χ2n) is 12.9. The average Bonchev–Trinajstić information content (AvgIpc) is 3.00. The van der Waals surface area contributed by atoms with E-state index in [0.717, 1.165) is 68.3 Å². The van der Waals surface area contributed by atoms with Gasteiger partial charge in [0.25, 0.3) is 5.91 Å². The van der Waals surface area contributed by atoms with E-state index in [1.165, 1.54) is 19.3 Å². The number of benzene rings is 2. The van der Waals surface area contributed by atoms with Gasteiger partial charge in [0.05, 0.1) is 7.11 Å². The van der Waals surface area contributed by atoms with Crippen molar-refractivity contribution in [3.63, 3.8) is 0 Å². The first-order valence-electron chi connectivity index (χ1n) is 16.0. The Balaban J connectivity index is 1.66. The van der Waals surface area contributed by atoms with Crippen LogP contribution >= 0.6 is 0 Å². The number of amides is 2. The molecular formula is C35H52N4O3. The summed E-state index contributed by atoms with van der Waals surface area (Å²) in [7, 11) is 1.71. The summed E-state index contributed by atoms with van der Waals surface area (Å²) >= 11 is 0. The number of carbonyl (C=O) groups is 2. The zero-order valence-corrected chi connectivity index (χ0v) is 26.6. The molecule has 7 heteroatoms. The van der Waals surface area contributed by atoms with E-state index in [4.69, 9.17) is 4.74 Å². The smallest absolute Gasteiger partial charge is 0.254 e. The number of carbonyl (C=O) groups excluding carboxylic acids is 2. The molecule has 0 N–H and O–H groups in total. The lowest BCUT2D eigenvalue weighted by Gasteiger charge is -2.29. The van der Waals surface area contributed by atoms with Crippen molar-refractivity contribution < 1.29 is 14.3 Å². The van der Waals surface area contributed by atoms with Crippen molar-refractivity contribution in [2.24, 2.45) is 11.8 Å². The van der Waals surface area contributed by atoms with E-state index in [-0.39, 0.29) is 17.7 Å². The molecule has 1 fully saturated rings. The fraction of sp³-hybridized carbons (Fsp3) is 0.600. The van der Waals surface area contributed by atoms with Gasteiger partial charge in [0, 0.05) is 62.5 Å². The Kier molecular flexibility index (Phi) is 11.8. The van der Waals surface area contributed by atoms with E-state index in [0.29, 0.717) is 37.5 Å². The summed E-state index contributed by atoms with van der Waals surface area (Å²) in [5.41, 5.74) is 3.70. The maximum atomic E-state index is 14.3. The summed E-state index contributed by atoms with van der Waals surface area (Å²) in [6, 6.07) is 14.0. The molecule has 2 aliphatic heterocycles. The first kappa shape index (κ1) is 32.0. The molecular weight excluding hydrogens is 524 g/mol. The average molecular weight is 577 g/mol. The second-order valence-corrected chi connectivity index (χ2v) is 12.9. The third-order valence-corrected chi connectivity index (χ3v) is 8.35. The molecule has 7 nitrogen and oxygen atoms in total. The first-order valence-corrected chi connectivity index (χ1v) is 16.0. The summed E-state index contributed by atoms with van der Waals surface area (Å²) in [5, 5.41) is 0. The Labute approximate surface area is 253 Å². The first-order chi connectivity index (χ1) is 20.2. The molecule has 0 unspecified atom stereocenters. The molecule has 0 aliphatic carbocycles. The van der Waals surface area contributed by atoms with Gasteiger partial charge < -0.3 is 19.4 Å². The van der Waals surface area contributed by atoms with Crippen LogP contribution in [-0.2, 0) is 17.9 Å². The Bertz CT molecular complexity index is 1170. The molecule has 2 aromatic carbocycles. The highest BCUT2D eigenvalue weighted by atomic mass is 16.5. The van der Waals surface area contributed by atoms with Crippen molar-refractivity contribution in [3.05, 3.63) is 59.2 Å². The minimum atomic E-state index is 0.0242. The fourth-order valence-corrected chi connectivity index (χ4v) is 6.31. The number of fused-ring (bicyclic) bond motifs is 1. The van der Waals surface area contributed by atoms with Crippen molar-refractivity contribution in [2.45, 2.75) is 72.9 Å². The van der Waals surface area contributed by atoms with Crippen LogP contribution in [-0.4, -0.2) is 79.4 Å². The molecule has 0 radical (unpaired) electrons. The van der Waals surface area contributed by atoms with E-state index in [9.17, 15) is 9.59 Å². The highest BCUT2D eigenvalue weighted by Gasteiger charge is 2.25. The molecule has 2 amide bonds. The van der Waals surface area contributed by atoms with E-state index >= 15 is 0 Å². The normalized spacial score (nSPS) is 17.7. The molecule has 42 heavy (non-hydrogen) atoms. The number of anilines is 1. The highest BCUT2D eigenvalue weighted by Crippen LogP contribution is 2.28. The van der Waals surface area contributed by atoms with Crippen LogP contribution in [0.1, 0.15) is 81.3 Å². The Hall–Kier alpha value is -2.90. The molecule has 1 saturated heterocycles. The van der Waals surface area contributed by atoms with E-state index in [2.05, 4.69) is 43.6 Å². The maximum absolute atomic E-state index is 14.3. The van der Waals surface area contributed by atoms with E-state index in [1.54, 1.807) is 7.11 Å². The quantitative estimate of drug-likeness (QED) is 0.382. The monoisotopic (exact) mass is 576 g/mol. The van der Waals surface area contributed by atoms with Gasteiger partial charge in [-0.3, -0.25) is 14.5 Å². The molecule has 0 saturated carbocycles. The highest BCUT2D eigenvalue weighted by molar-refractivity contribution is 5.96. The van der Waals surface area contributed by atoms with Crippen LogP contribution in [0, 0.1) is 11.8 Å². The third kappa shape index (κ3) is 8.81. The fourth-order valence-electron chi connectivity index (χ4n) is 6.31. The van der Waals surface area contributed by atoms with Crippen LogP contribution in [0.4, 0.5) is 5.69 Å². The lowest BCUT2D eigenvalue weighted by molar-refractivity contribution is -0.119. The van der Waals surface area contributed by atoms with Crippen LogP contribution in [0.5, 0.6) is 5.75 Å². The molecule has 0 spiro atoms. The van der Waals surface area contributed by atoms with Crippen LogP contribution < -0.4 is 9.64 Å². The van der Waals surface area contributed by atoms with Gasteiger partial charge in [0.1, 0.15) is 5.75 Å². The standard InChI is InChI=1S/C35H52N4O3/c1-27(2)22-34(40)39-19-11-18-37(24-28(3)4)20-21-38(26-30-12-7-8-13-32(30)39)35(41)29-14-15-33(42-5)31(23-29)25-36-16-9-6-10-17-36/h7-8,12-15,23,27-28H,6,9-11,16-22,24-26H2,1-5H3. The Morgan fingerprint density at radius 2 is 1.55 bits per heavy atom. The Morgan fingerprint density at radius 3 is 2.26 bits per heavy atom. The van der Waals surface area contributed by atoms with Crippen LogP contribution in [0.25, 0.3) is 0 Å². The molecule has 230 valence electrons. The van der Waals surface area contributed by atoms with Gasteiger partial charge >= 0.3 is 0 Å². The number of hydrogen-bond donors (Lipinski definition) is 0. The molecule has 0 atom stereocenters. The lowest BCUT2D eigenvalue weighted by Crippen LogP contribution is -2.40. The van der Waals surface area contributed by atoms with Crippen molar-refractivity contribution in [3.8, 4) is 5.75 Å². The van der Waals surface area contributed by atoms with Gasteiger partial charge in [0.15, 0.2) is 0 Å². The maximum Gasteiger partial charge on any atom is 0.254 e. The van der Waals surface area contributed by atoms with Gasteiger partial charge in [0.2, 0.25) is 5.91 Å². The van der Waals surface area contributed by atoms with Crippen molar-refractivity contribution in [1.29, 1.82) is 0 Å². The largest absolute Gasteiger partial charge is 0.496 e. The molecule has 0 bridgehead atoms. The van der Waals surface area contributed by atoms with Gasteiger partial charge in [-0.2, -0.15) is 0 Å². The van der Waals surface area contributed by atoms with Crippen LogP contribution in [0.15, 0.2) is 42.5 Å². The summed E-state index contributed by atoms with van der Waals surface area (Å²) in [6.45, 7) is 16.1. The number of hydrogen-bond acceptors (Lipinski definition) is 5. The summed E-state index contributed by atoms with van der Waals surface area (Å²) < 4.78 is 5.71. The number of piperidine rings is 1. The minimum absolute atomic E-state index is 0.0242. The predicted molar refractivity (Wildman–Crippen MR) is 171 cm³/mol. The molecule has 2 aliphatic rings. The van der Waals surface area contributed by atoms with Gasteiger partial charge in [-0.1, -0.05) is 52.3 Å². The molecule has 0 aromatic heterocycles. The summed E-state index contributed by atoms with van der Waals surface area (Å²) in [6.07, 6.45) is 5.14. The molecule has 2 heterocycles. The number of ether oxygens (including phenoxy) is 1. The summed E-state index contributed by atoms with van der Waals surface area (Å²) in [5.74, 6) is 1.82. The lowest BCUT2D eigenvalue weighted by atomic mass is 10.0. The number of methoxy groups -OCH3 is 1. The number of rotatable bonds is 8. The summed E-state index contributed by atoms with van der Waals surface area (Å²) in [4.78, 5) is 36.6. The van der Waals surface area contributed by atoms with Crippen LogP contribution in [0.2, 0.25) is 0 Å². The van der Waals surface area contributed by atoms with Crippen molar-refractivity contribution in [1.82, 2.24) is 14.7 Å². The second kappa shape index (κ2) is 15.5. The van der Waals surface area contributed by atoms with Gasteiger partial charge in [-0.05, 0) is 80.6 Å². The molecule has 2 aromatic rings. The van der Waals surface area contributed by atoms with Gasteiger partial charge in [-0.25, -0.2) is 0 Å². The van der Waals surface area contributed by atoms with Crippen molar-refractivity contribution in [2.75, 3.05) is 57.8 Å². The Morgan fingerprint density at radius 1 is 0.810 bits per heavy atom. The van der Waals surface area contributed by atoms with E-state index in [1.807, 2.05) is 46.2 Å². The third-order valence-electron chi connectivity index (χ3n) is 8.35. The predicted octanol–water partition coefficient (Wildman–Crippen LogP) is 6.06. The zero-order valence-electron chi connectivity index (χ0n) is 26.6. The number of nitrogens with zero attached hydrogens (tertiary/aromatic N) is 4. The van der Waals surface area contributed by atoms with Gasteiger partial charge in [-0.15, -0.1) is 0 Å². The van der Waals surface area contributed by atoms with Crippen LogP contribution in [0.3, 0.4) is 0 Å².